The molecule has 0 aromatic heterocycles. The molecule has 182 valence electrons. The molecule has 0 radical (unpaired) electrons. The molecule has 2 aromatic rings. The van der Waals surface area contributed by atoms with E-state index in [-0.39, 0.29) is 22.2 Å². The molecule has 3 rings (SSSR count). The molecular formula is C24H29N3O6S. The maximum Gasteiger partial charge on any atom is 0.338 e. The summed E-state index contributed by atoms with van der Waals surface area (Å²) in [7, 11) is -3.80. The fourth-order valence-electron chi connectivity index (χ4n) is 3.73. The summed E-state index contributed by atoms with van der Waals surface area (Å²) in [5, 5.41) is 4.89. The molecular weight excluding hydrogens is 458 g/mol. The first-order chi connectivity index (χ1) is 16.1. The van der Waals surface area contributed by atoms with Crippen LogP contribution in [0.1, 0.15) is 53.6 Å². The molecule has 1 aliphatic rings. The van der Waals surface area contributed by atoms with Crippen molar-refractivity contribution in [1.29, 1.82) is 0 Å². The molecule has 0 saturated heterocycles. The molecule has 2 aromatic carbocycles. The van der Waals surface area contributed by atoms with Crippen LogP contribution in [0.2, 0.25) is 0 Å². The van der Waals surface area contributed by atoms with Crippen molar-refractivity contribution in [1.82, 2.24) is 10.6 Å². The van der Waals surface area contributed by atoms with Crippen molar-refractivity contribution in [2.45, 2.75) is 56.9 Å². The molecule has 1 aliphatic carbocycles. The molecule has 3 amide bonds. The van der Waals surface area contributed by atoms with E-state index in [1.807, 2.05) is 13.0 Å². The summed E-state index contributed by atoms with van der Waals surface area (Å²) in [6.45, 7) is 2.91. The number of benzene rings is 2. The first-order valence-electron chi connectivity index (χ1n) is 11.1. The molecule has 0 atom stereocenters. The molecule has 9 nitrogen and oxygen atoms in total. The third kappa shape index (κ3) is 7.05. The van der Waals surface area contributed by atoms with E-state index in [4.69, 9.17) is 4.74 Å². The number of hydrogen-bond acceptors (Lipinski definition) is 6. The number of urea groups is 1. The van der Waals surface area contributed by atoms with E-state index in [0.29, 0.717) is 5.56 Å². The Balaban J connectivity index is 1.50. The quantitative estimate of drug-likeness (QED) is 0.513. The van der Waals surface area contributed by atoms with E-state index < -0.39 is 34.5 Å². The predicted molar refractivity (Wildman–Crippen MR) is 127 cm³/mol. The van der Waals surface area contributed by atoms with Gasteiger partial charge in [-0.05, 0) is 68.1 Å². The van der Waals surface area contributed by atoms with Crippen LogP contribution in [0.15, 0.2) is 47.4 Å². The molecule has 0 aliphatic heterocycles. The van der Waals surface area contributed by atoms with Gasteiger partial charge in [-0.25, -0.2) is 18.0 Å². The lowest BCUT2D eigenvalue weighted by molar-refractivity contribution is -0.123. The van der Waals surface area contributed by atoms with Gasteiger partial charge in [0.05, 0.1) is 10.5 Å². The van der Waals surface area contributed by atoms with Crippen molar-refractivity contribution < 1.29 is 27.5 Å². The van der Waals surface area contributed by atoms with Crippen molar-refractivity contribution >= 4 is 33.6 Å². The number of carbonyl (C=O) groups excluding carboxylic acids is 3. The molecule has 1 saturated carbocycles. The van der Waals surface area contributed by atoms with Crippen LogP contribution in [-0.2, 0) is 19.6 Å². The average Bonchev–Trinajstić information content (AvgIpc) is 2.80. The Hall–Kier alpha value is -3.40. The number of hydrogen-bond donors (Lipinski definition) is 3. The smallest absolute Gasteiger partial charge is 0.338 e. The lowest BCUT2D eigenvalue weighted by Gasteiger charge is -2.22. The Kier molecular flexibility index (Phi) is 8.27. The minimum absolute atomic E-state index is 0.0508. The van der Waals surface area contributed by atoms with E-state index in [1.54, 1.807) is 19.1 Å². The maximum atomic E-state index is 12.7. The van der Waals surface area contributed by atoms with Crippen LogP contribution >= 0.6 is 0 Å². The number of imide groups is 1. The lowest BCUT2D eigenvalue weighted by Crippen LogP contribution is -2.46. The van der Waals surface area contributed by atoms with E-state index in [0.717, 1.165) is 37.7 Å². The molecule has 1 fully saturated rings. The van der Waals surface area contributed by atoms with E-state index in [2.05, 4.69) is 15.4 Å². The zero-order valence-corrected chi connectivity index (χ0v) is 20.0. The van der Waals surface area contributed by atoms with E-state index >= 15 is 0 Å². The van der Waals surface area contributed by atoms with Gasteiger partial charge in [0.25, 0.3) is 15.9 Å². The average molecular weight is 488 g/mol. The van der Waals surface area contributed by atoms with Crippen LogP contribution in [0.4, 0.5) is 10.5 Å². The van der Waals surface area contributed by atoms with E-state index in [9.17, 15) is 22.8 Å². The lowest BCUT2D eigenvalue weighted by atomic mass is 9.96. The van der Waals surface area contributed by atoms with Gasteiger partial charge in [-0.1, -0.05) is 31.4 Å². The Morgan fingerprint density at radius 3 is 2.32 bits per heavy atom. The zero-order valence-electron chi connectivity index (χ0n) is 19.2. The Morgan fingerprint density at radius 2 is 1.65 bits per heavy atom. The van der Waals surface area contributed by atoms with Crippen molar-refractivity contribution in [2.24, 2.45) is 0 Å². The van der Waals surface area contributed by atoms with Gasteiger partial charge in [0, 0.05) is 11.7 Å². The Morgan fingerprint density at radius 1 is 0.971 bits per heavy atom. The largest absolute Gasteiger partial charge is 0.452 e. The summed E-state index contributed by atoms with van der Waals surface area (Å²) < 4.78 is 32.8. The topological polar surface area (TPSA) is 131 Å². The maximum absolute atomic E-state index is 12.7. The van der Waals surface area contributed by atoms with Gasteiger partial charge in [0.15, 0.2) is 6.61 Å². The minimum Gasteiger partial charge on any atom is -0.452 e. The second-order valence-corrected chi connectivity index (χ2v) is 10.0. The van der Waals surface area contributed by atoms with Gasteiger partial charge in [-0.2, -0.15) is 0 Å². The summed E-state index contributed by atoms with van der Waals surface area (Å²) in [5.41, 5.74) is 1.84. The number of ether oxygens (including phenoxy) is 1. The molecule has 0 bridgehead atoms. The van der Waals surface area contributed by atoms with Crippen LogP contribution in [0.25, 0.3) is 0 Å². The fourth-order valence-corrected chi connectivity index (χ4v) is 5.12. The van der Waals surface area contributed by atoms with Crippen molar-refractivity contribution in [3.63, 3.8) is 0 Å². The van der Waals surface area contributed by atoms with Gasteiger partial charge in [-0.3, -0.25) is 14.8 Å². The summed E-state index contributed by atoms with van der Waals surface area (Å²) in [6, 6.07) is 10.2. The van der Waals surface area contributed by atoms with Crippen LogP contribution < -0.4 is 15.4 Å². The summed E-state index contributed by atoms with van der Waals surface area (Å²) in [5.74, 6) is -1.51. The van der Waals surface area contributed by atoms with Gasteiger partial charge >= 0.3 is 12.0 Å². The van der Waals surface area contributed by atoms with Crippen LogP contribution in [0, 0.1) is 13.8 Å². The fraction of sp³-hybridized carbons (Fsp3) is 0.375. The minimum atomic E-state index is -3.80. The molecule has 0 spiro atoms. The number of rotatable bonds is 7. The first kappa shape index (κ1) is 25.2. The van der Waals surface area contributed by atoms with Gasteiger partial charge < -0.3 is 10.1 Å². The van der Waals surface area contributed by atoms with Gasteiger partial charge in [0.1, 0.15) is 0 Å². The van der Waals surface area contributed by atoms with Crippen molar-refractivity contribution in [2.75, 3.05) is 11.3 Å². The summed E-state index contributed by atoms with van der Waals surface area (Å²) in [4.78, 5) is 36.2. The highest BCUT2D eigenvalue weighted by atomic mass is 32.2. The highest BCUT2D eigenvalue weighted by Gasteiger charge is 2.19. The van der Waals surface area contributed by atoms with E-state index in [1.165, 1.54) is 24.3 Å². The summed E-state index contributed by atoms with van der Waals surface area (Å²) >= 11 is 0. The van der Waals surface area contributed by atoms with Gasteiger partial charge in [-0.15, -0.1) is 0 Å². The van der Waals surface area contributed by atoms with Crippen LogP contribution in [-0.4, -0.2) is 39.0 Å². The number of aryl methyl sites for hydroxylation is 2. The number of sulfonamides is 1. The summed E-state index contributed by atoms with van der Waals surface area (Å²) in [6.07, 6.45) is 5.00. The molecule has 0 unspecified atom stereocenters. The highest BCUT2D eigenvalue weighted by molar-refractivity contribution is 7.92. The number of amides is 3. The highest BCUT2D eigenvalue weighted by Crippen LogP contribution is 2.21. The molecule has 34 heavy (non-hydrogen) atoms. The first-order valence-corrected chi connectivity index (χ1v) is 12.6. The van der Waals surface area contributed by atoms with Crippen molar-refractivity contribution in [3.8, 4) is 0 Å². The van der Waals surface area contributed by atoms with Gasteiger partial charge in [0.2, 0.25) is 0 Å². The number of nitrogens with one attached hydrogen (secondary N) is 3. The van der Waals surface area contributed by atoms with Crippen molar-refractivity contribution in [3.05, 3.63) is 59.2 Å². The van der Waals surface area contributed by atoms with Crippen LogP contribution in [0.3, 0.4) is 0 Å². The second-order valence-electron chi connectivity index (χ2n) is 8.38. The monoisotopic (exact) mass is 487 g/mol. The number of anilines is 1. The second kappa shape index (κ2) is 11.1. The third-order valence-corrected chi connectivity index (χ3v) is 7.06. The molecule has 0 heterocycles. The standard InChI is InChI=1S/C24H29N3O6S/c1-16-8-9-17(2)21(14-16)34(31,32)27-20-12-10-18(11-13-20)23(29)33-15-22(28)26-24(30)25-19-6-4-3-5-7-19/h8-14,19,27H,3-7,15H2,1-2H3,(H2,25,26,28,30). The number of carbonyl (C=O) groups is 3. The Labute approximate surface area is 199 Å². The normalized spacial score (nSPS) is 14.2. The molecule has 10 heteroatoms. The Bertz CT molecular complexity index is 1160. The number of esters is 1. The SMILES string of the molecule is Cc1ccc(C)c(S(=O)(=O)Nc2ccc(C(=O)OCC(=O)NC(=O)NC3CCCCC3)cc2)c1. The predicted octanol–water partition coefficient (Wildman–Crippen LogP) is 3.42. The third-order valence-electron chi connectivity index (χ3n) is 5.53. The molecule has 3 N–H and O–H groups in total. The zero-order chi connectivity index (χ0) is 24.7. The van der Waals surface area contributed by atoms with Crippen LogP contribution in [0.5, 0.6) is 0 Å².